The summed E-state index contributed by atoms with van der Waals surface area (Å²) in [6.45, 7) is 6.31. The van der Waals surface area contributed by atoms with Crippen molar-refractivity contribution in [3.8, 4) is 12.1 Å². The zero-order chi connectivity index (χ0) is 32.6. The molecule has 3 heterocycles. The lowest BCUT2D eigenvalue weighted by Crippen LogP contribution is -2.53. The molecule has 5 rings (SSSR count). The van der Waals surface area contributed by atoms with Crippen LogP contribution in [0.1, 0.15) is 58.1 Å². The first kappa shape index (κ1) is 30.9. The van der Waals surface area contributed by atoms with Crippen LogP contribution in [0.3, 0.4) is 0 Å². The summed E-state index contributed by atoms with van der Waals surface area (Å²) in [4.78, 5) is 33.9. The molecule has 0 amide bonds. The molecule has 0 saturated carbocycles. The highest BCUT2D eigenvalue weighted by molar-refractivity contribution is 5.94. The van der Waals surface area contributed by atoms with Crippen molar-refractivity contribution >= 4 is 28.8 Å². The lowest BCUT2D eigenvalue weighted by Gasteiger charge is -2.42. The van der Waals surface area contributed by atoms with Gasteiger partial charge in [-0.3, -0.25) is 9.20 Å². The summed E-state index contributed by atoms with van der Waals surface area (Å²) in [5, 5.41) is 32.5. The molecule has 0 aliphatic carbocycles. The van der Waals surface area contributed by atoms with Gasteiger partial charge in [-0.2, -0.15) is 23.7 Å². The molecule has 1 fully saturated rings. The van der Waals surface area contributed by atoms with Crippen molar-refractivity contribution in [1.29, 1.82) is 10.5 Å². The molecule has 2 aromatic heterocycles. The number of nitrogens with one attached hydrogen (secondary N) is 1. The summed E-state index contributed by atoms with van der Waals surface area (Å²) in [6, 6.07) is 14.4. The number of fused-ring (bicyclic) bond motifs is 1. The van der Waals surface area contributed by atoms with Crippen molar-refractivity contribution < 1.29 is 23.1 Å². The maximum atomic E-state index is 13.7. The normalized spacial score (nSPS) is 15.8. The zero-order valence-corrected chi connectivity index (χ0v) is 24.6. The minimum Gasteiger partial charge on any atom is -0.478 e. The van der Waals surface area contributed by atoms with Crippen LogP contribution < -0.4 is 20.7 Å². The van der Waals surface area contributed by atoms with Gasteiger partial charge >= 0.3 is 12.1 Å². The predicted molar refractivity (Wildman–Crippen MR) is 162 cm³/mol. The number of hydrogen-bond acceptors (Lipinski definition) is 8. The number of nitrogens with zero attached hydrogens (tertiary/aromatic N) is 6. The molecule has 13 heteroatoms. The Balaban J connectivity index is 1.53. The Morgan fingerprint density at radius 3 is 2.51 bits per heavy atom. The second-order valence-electron chi connectivity index (χ2n) is 10.9. The molecule has 10 nitrogen and oxygen atoms in total. The van der Waals surface area contributed by atoms with E-state index >= 15 is 0 Å². The van der Waals surface area contributed by atoms with E-state index in [1.807, 2.05) is 37.0 Å². The molecule has 0 bridgehead atoms. The molecule has 2 atom stereocenters. The molecular weight excluding hydrogens is 587 g/mol. The van der Waals surface area contributed by atoms with E-state index in [0.29, 0.717) is 23.5 Å². The number of rotatable bonds is 6. The minimum absolute atomic E-state index is 0.0817. The van der Waals surface area contributed by atoms with Crippen LogP contribution >= 0.6 is 0 Å². The number of pyridine rings is 1. The van der Waals surface area contributed by atoms with Gasteiger partial charge in [-0.15, -0.1) is 0 Å². The Kier molecular flexibility index (Phi) is 8.13. The molecule has 0 radical (unpaired) electrons. The highest BCUT2D eigenvalue weighted by Crippen LogP contribution is 2.34. The summed E-state index contributed by atoms with van der Waals surface area (Å²) < 4.78 is 41.0. The third-order valence-electron chi connectivity index (χ3n) is 7.86. The van der Waals surface area contributed by atoms with E-state index < -0.39 is 29.3 Å². The first-order valence-electron chi connectivity index (χ1n) is 14.0. The van der Waals surface area contributed by atoms with Crippen molar-refractivity contribution in [2.24, 2.45) is 0 Å². The number of aryl methyl sites for hydroxylation is 1. The molecule has 45 heavy (non-hydrogen) atoms. The van der Waals surface area contributed by atoms with Gasteiger partial charge in [0.1, 0.15) is 17.8 Å². The van der Waals surface area contributed by atoms with E-state index in [2.05, 4.69) is 5.32 Å². The van der Waals surface area contributed by atoms with Gasteiger partial charge in [0.25, 0.3) is 5.56 Å². The van der Waals surface area contributed by atoms with Gasteiger partial charge in [-0.05, 0) is 62.7 Å². The van der Waals surface area contributed by atoms with E-state index in [1.165, 1.54) is 16.5 Å². The minimum atomic E-state index is -4.58. The fourth-order valence-corrected chi connectivity index (χ4v) is 5.70. The van der Waals surface area contributed by atoms with Crippen LogP contribution in [0.5, 0.6) is 0 Å². The maximum absolute atomic E-state index is 13.7. The highest BCUT2D eigenvalue weighted by atomic mass is 19.4. The van der Waals surface area contributed by atoms with Crippen molar-refractivity contribution in [3.05, 3.63) is 98.5 Å². The van der Waals surface area contributed by atoms with E-state index in [1.54, 1.807) is 36.2 Å². The Morgan fingerprint density at radius 2 is 1.87 bits per heavy atom. The fourth-order valence-electron chi connectivity index (χ4n) is 5.70. The first-order valence-corrected chi connectivity index (χ1v) is 14.0. The Morgan fingerprint density at radius 1 is 1.13 bits per heavy atom. The number of nitriles is 2. The van der Waals surface area contributed by atoms with Gasteiger partial charge < -0.3 is 20.2 Å². The summed E-state index contributed by atoms with van der Waals surface area (Å²) in [5.41, 5.74) is 0.721. The number of carboxylic acids is 1. The summed E-state index contributed by atoms with van der Waals surface area (Å²) in [7, 11) is 0. The second-order valence-corrected chi connectivity index (χ2v) is 10.9. The van der Waals surface area contributed by atoms with E-state index in [4.69, 9.17) is 4.98 Å². The quantitative estimate of drug-likeness (QED) is 0.294. The third-order valence-corrected chi connectivity index (χ3v) is 7.86. The number of benzene rings is 2. The molecule has 0 unspecified atom stereocenters. The van der Waals surface area contributed by atoms with E-state index in [-0.39, 0.29) is 47.3 Å². The van der Waals surface area contributed by atoms with Crippen LogP contribution in [-0.4, -0.2) is 46.1 Å². The van der Waals surface area contributed by atoms with Crippen molar-refractivity contribution in [3.63, 3.8) is 0 Å². The Hall–Kier alpha value is -5.56. The number of para-hydroxylation sites is 1. The predicted octanol–water partition coefficient (Wildman–Crippen LogP) is 5.35. The van der Waals surface area contributed by atoms with Crippen LogP contribution in [-0.2, 0) is 6.18 Å². The maximum Gasteiger partial charge on any atom is 0.416 e. The lowest BCUT2D eigenvalue weighted by molar-refractivity contribution is -0.137. The van der Waals surface area contributed by atoms with Gasteiger partial charge in [-0.25, -0.2) is 9.78 Å². The van der Waals surface area contributed by atoms with E-state index in [0.717, 1.165) is 17.7 Å². The molecule has 2 aromatic carbocycles. The number of aromatic nitrogens is 2. The van der Waals surface area contributed by atoms with Crippen molar-refractivity contribution in [2.75, 3.05) is 34.8 Å². The van der Waals surface area contributed by atoms with Gasteiger partial charge in [-0.1, -0.05) is 12.1 Å². The number of aromatic carboxylic acids is 1. The van der Waals surface area contributed by atoms with Gasteiger partial charge in [0, 0.05) is 43.1 Å². The first-order chi connectivity index (χ1) is 21.3. The molecule has 1 aliphatic heterocycles. The van der Waals surface area contributed by atoms with Crippen LogP contribution in [0.4, 0.5) is 30.4 Å². The third kappa shape index (κ3) is 5.85. The van der Waals surface area contributed by atoms with Crippen LogP contribution in [0.15, 0.2) is 59.5 Å². The number of anilines is 3. The molecule has 1 aliphatic rings. The monoisotopic (exact) mass is 615 g/mol. The van der Waals surface area contributed by atoms with Crippen LogP contribution in [0.25, 0.3) is 5.65 Å². The number of carboxylic acid groups (broad SMARTS) is 1. The standard InChI is InChI=1S/C32H28F3N7O3/c1-18-12-24(20(3)38-26-7-5-4-6-23(26)31(44)45)28-39-29(25(15-37)30(43)42(28)16-18)41-11-10-40(17-19(41)2)27-9-8-22(32(33,34)35)13-21(27)14-36/h4-9,12-13,16,19-20,38H,10-11,17H2,1-3H3,(H,44,45)/t19-,20-/m1/s1. The average Bonchev–Trinajstić information content (AvgIpc) is 3.00. The Bertz CT molecular complexity index is 1960. The molecule has 1 saturated heterocycles. The number of carbonyl (C=O) groups is 1. The van der Waals surface area contributed by atoms with Gasteiger partial charge in [0.2, 0.25) is 0 Å². The zero-order valence-electron chi connectivity index (χ0n) is 24.6. The molecule has 230 valence electrons. The SMILES string of the molecule is Cc1cc([C@@H](C)Nc2ccccc2C(=O)O)c2nc(N3CCN(c4ccc(C(F)(F)F)cc4C#N)C[C@H]3C)c(C#N)c(=O)n2c1. The fraction of sp³-hybridized carbons (Fsp3) is 0.281. The lowest BCUT2D eigenvalue weighted by atomic mass is 10.0. The summed E-state index contributed by atoms with van der Waals surface area (Å²) in [5.74, 6) is -0.924. The molecule has 0 spiro atoms. The smallest absolute Gasteiger partial charge is 0.416 e. The molecular formula is C32H28F3N7O3. The number of halogens is 3. The number of piperazine rings is 1. The second kappa shape index (κ2) is 11.8. The van der Waals surface area contributed by atoms with Gasteiger partial charge in [0.05, 0.1) is 28.4 Å². The van der Waals surface area contributed by atoms with Crippen molar-refractivity contribution in [1.82, 2.24) is 9.38 Å². The summed E-state index contributed by atoms with van der Waals surface area (Å²) in [6.07, 6.45) is -2.99. The van der Waals surface area contributed by atoms with Crippen LogP contribution in [0, 0.1) is 29.6 Å². The number of hydrogen-bond donors (Lipinski definition) is 2. The highest BCUT2D eigenvalue weighted by Gasteiger charge is 2.33. The Labute approximate surface area is 256 Å². The topological polar surface area (TPSA) is 138 Å². The summed E-state index contributed by atoms with van der Waals surface area (Å²) >= 11 is 0. The molecule has 4 aromatic rings. The largest absolute Gasteiger partial charge is 0.478 e. The van der Waals surface area contributed by atoms with Crippen LogP contribution in [0.2, 0.25) is 0 Å². The molecule has 2 N–H and O–H groups in total. The van der Waals surface area contributed by atoms with Gasteiger partial charge in [0.15, 0.2) is 11.4 Å². The average molecular weight is 616 g/mol. The van der Waals surface area contributed by atoms with E-state index in [9.17, 15) is 38.4 Å². The van der Waals surface area contributed by atoms with Crippen molar-refractivity contribution in [2.45, 2.75) is 39.0 Å². The number of alkyl halides is 3.